The van der Waals surface area contributed by atoms with Crippen LogP contribution in [-0.2, 0) is 0 Å². The van der Waals surface area contributed by atoms with Gasteiger partial charge in [0.05, 0.1) is 6.10 Å². The smallest absolute Gasteiger partial charge is 0.0601 e. The zero-order valence-electron chi connectivity index (χ0n) is 12.8. The molecule has 4 fully saturated rings. The second-order valence-corrected chi connectivity index (χ2v) is 8.73. The van der Waals surface area contributed by atoms with Crippen molar-refractivity contribution in [3.63, 3.8) is 0 Å². The molecule has 19 heavy (non-hydrogen) atoms. The first-order chi connectivity index (χ1) is 9.06. The molecule has 4 aliphatic carbocycles. The van der Waals surface area contributed by atoms with E-state index >= 15 is 0 Å². The molecule has 0 bridgehead atoms. The first-order valence-corrected chi connectivity index (χ1v) is 8.74. The summed E-state index contributed by atoms with van der Waals surface area (Å²) >= 11 is 0. The molecule has 4 aliphatic rings. The Kier molecular flexibility index (Phi) is 2.82. The van der Waals surface area contributed by atoms with Crippen molar-refractivity contribution >= 4 is 0 Å². The molecular weight excluding hydrogens is 232 g/mol. The fourth-order valence-electron chi connectivity index (χ4n) is 5.85. The Balaban J connectivity index is 1.28. The molecule has 4 rings (SSSR count). The molecule has 1 heteroatoms. The van der Waals surface area contributed by atoms with Crippen LogP contribution in [0.3, 0.4) is 0 Å². The van der Waals surface area contributed by atoms with E-state index in [1.165, 1.54) is 32.1 Å². The average molecular weight is 262 g/mol. The van der Waals surface area contributed by atoms with Crippen LogP contribution in [0, 0.1) is 53.3 Å². The molecule has 0 heterocycles. The highest BCUT2D eigenvalue weighted by molar-refractivity contribution is 5.07. The van der Waals surface area contributed by atoms with Crippen molar-refractivity contribution in [3.05, 3.63) is 0 Å². The minimum atomic E-state index is 0.0574. The highest BCUT2D eigenvalue weighted by atomic mass is 16.3. The summed E-state index contributed by atoms with van der Waals surface area (Å²) in [6.07, 6.45) is 7.17. The molecule has 108 valence electrons. The molecular formula is C18H30O. The summed E-state index contributed by atoms with van der Waals surface area (Å²) in [7, 11) is 0. The minimum Gasteiger partial charge on any atom is -0.393 e. The molecule has 7 unspecified atom stereocenters. The van der Waals surface area contributed by atoms with Crippen LogP contribution in [0.2, 0.25) is 0 Å². The van der Waals surface area contributed by atoms with Crippen molar-refractivity contribution in [2.45, 2.75) is 59.0 Å². The largest absolute Gasteiger partial charge is 0.393 e. The van der Waals surface area contributed by atoms with E-state index in [1.54, 1.807) is 0 Å². The standard InChI is InChI=1S/C18H30O/c1-9(2)11-5-16-15(17(16)6-11)4-10(3)13-7-12-8-14(12)18(13)19/h9-19H,4-8H2,1-3H3. The molecule has 4 saturated carbocycles. The van der Waals surface area contributed by atoms with Gasteiger partial charge in [0.25, 0.3) is 0 Å². The lowest BCUT2D eigenvalue weighted by atomic mass is 9.81. The van der Waals surface area contributed by atoms with Crippen molar-refractivity contribution in [2.24, 2.45) is 53.3 Å². The van der Waals surface area contributed by atoms with Crippen LogP contribution >= 0.6 is 0 Å². The van der Waals surface area contributed by atoms with E-state index in [4.69, 9.17) is 0 Å². The van der Waals surface area contributed by atoms with Gasteiger partial charge in [0.1, 0.15) is 0 Å². The number of fused-ring (bicyclic) bond motifs is 2. The Morgan fingerprint density at radius 3 is 2.16 bits per heavy atom. The van der Waals surface area contributed by atoms with Gasteiger partial charge < -0.3 is 5.11 Å². The first-order valence-electron chi connectivity index (χ1n) is 8.74. The van der Waals surface area contributed by atoms with Crippen LogP contribution in [-0.4, -0.2) is 11.2 Å². The van der Waals surface area contributed by atoms with Gasteiger partial charge >= 0.3 is 0 Å². The average Bonchev–Trinajstić information content (AvgIpc) is 3.16. The maximum atomic E-state index is 10.3. The van der Waals surface area contributed by atoms with Crippen molar-refractivity contribution in [2.75, 3.05) is 0 Å². The van der Waals surface area contributed by atoms with E-state index in [-0.39, 0.29) is 6.10 Å². The summed E-state index contributed by atoms with van der Waals surface area (Å²) < 4.78 is 0. The van der Waals surface area contributed by atoms with E-state index in [0.29, 0.717) is 11.8 Å². The van der Waals surface area contributed by atoms with Gasteiger partial charge in [0.15, 0.2) is 0 Å². The fraction of sp³-hybridized carbons (Fsp3) is 1.00. The van der Waals surface area contributed by atoms with E-state index < -0.39 is 0 Å². The lowest BCUT2D eigenvalue weighted by Crippen LogP contribution is -2.25. The van der Waals surface area contributed by atoms with E-state index in [9.17, 15) is 5.11 Å². The van der Waals surface area contributed by atoms with Crippen LogP contribution in [0.25, 0.3) is 0 Å². The third kappa shape index (κ3) is 1.99. The summed E-state index contributed by atoms with van der Waals surface area (Å²) in [4.78, 5) is 0. The summed E-state index contributed by atoms with van der Waals surface area (Å²) in [5.74, 6) is 8.13. The van der Waals surface area contributed by atoms with E-state index in [0.717, 1.165) is 41.4 Å². The number of aliphatic hydroxyl groups is 1. The van der Waals surface area contributed by atoms with Gasteiger partial charge in [-0.3, -0.25) is 0 Å². The van der Waals surface area contributed by atoms with Gasteiger partial charge in [-0.1, -0.05) is 20.8 Å². The maximum Gasteiger partial charge on any atom is 0.0601 e. The van der Waals surface area contributed by atoms with Crippen LogP contribution in [0.15, 0.2) is 0 Å². The summed E-state index contributed by atoms with van der Waals surface area (Å²) in [6, 6.07) is 0. The monoisotopic (exact) mass is 262 g/mol. The Morgan fingerprint density at radius 1 is 0.947 bits per heavy atom. The zero-order chi connectivity index (χ0) is 13.3. The molecule has 0 radical (unpaired) electrons. The number of rotatable bonds is 4. The lowest BCUT2D eigenvalue weighted by molar-refractivity contribution is 0.0738. The normalized spacial score (nSPS) is 56.1. The fourth-order valence-corrected chi connectivity index (χ4v) is 5.85. The highest BCUT2D eigenvalue weighted by Crippen LogP contribution is 2.64. The quantitative estimate of drug-likeness (QED) is 0.813. The zero-order valence-corrected chi connectivity index (χ0v) is 12.8. The van der Waals surface area contributed by atoms with Gasteiger partial charge in [-0.15, -0.1) is 0 Å². The van der Waals surface area contributed by atoms with Crippen LogP contribution in [0.1, 0.15) is 52.9 Å². The molecule has 1 nitrogen and oxygen atoms in total. The Bertz CT molecular complexity index is 351. The minimum absolute atomic E-state index is 0.0574. The Labute approximate surface area is 118 Å². The SMILES string of the molecule is CC(C)C1CC2C(CC(C)C3CC4CC4C3O)C2C1. The molecule has 0 aliphatic heterocycles. The van der Waals surface area contributed by atoms with Gasteiger partial charge in [-0.05, 0) is 85.4 Å². The third-order valence-corrected chi connectivity index (χ3v) is 7.41. The highest BCUT2D eigenvalue weighted by Gasteiger charge is 2.58. The predicted molar refractivity (Wildman–Crippen MR) is 77.5 cm³/mol. The molecule has 0 saturated heterocycles. The van der Waals surface area contributed by atoms with Crippen molar-refractivity contribution in [3.8, 4) is 0 Å². The summed E-state index contributed by atoms with van der Waals surface area (Å²) in [5, 5.41) is 10.3. The molecule has 7 atom stereocenters. The summed E-state index contributed by atoms with van der Waals surface area (Å²) in [6.45, 7) is 7.22. The van der Waals surface area contributed by atoms with Crippen molar-refractivity contribution in [1.29, 1.82) is 0 Å². The Morgan fingerprint density at radius 2 is 1.63 bits per heavy atom. The van der Waals surface area contributed by atoms with Gasteiger partial charge in [0, 0.05) is 0 Å². The second-order valence-electron chi connectivity index (χ2n) is 8.73. The number of hydrogen-bond donors (Lipinski definition) is 1. The topological polar surface area (TPSA) is 20.2 Å². The lowest BCUT2D eigenvalue weighted by Gasteiger charge is -2.26. The third-order valence-electron chi connectivity index (χ3n) is 7.41. The van der Waals surface area contributed by atoms with Crippen LogP contribution in [0.4, 0.5) is 0 Å². The van der Waals surface area contributed by atoms with Gasteiger partial charge in [-0.25, -0.2) is 0 Å². The van der Waals surface area contributed by atoms with E-state index in [2.05, 4.69) is 20.8 Å². The molecule has 0 aromatic heterocycles. The van der Waals surface area contributed by atoms with Crippen LogP contribution in [0.5, 0.6) is 0 Å². The number of hydrogen-bond acceptors (Lipinski definition) is 1. The van der Waals surface area contributed by atoms with Gasteiger partial charge in [0.2, 0.25) is 0 Å². The second kappa shape index (κ2) is 4.23. The molecule has 0 aromatic rings. The predicted octanol–water partition coefficient (Wildman–Crippen LogP) is 3.96. The molecule has 0 aromatic carbocycles. The van der Waals surface area contributed by atoms with Gasteiger partial charge in [-0.2, -0.15) is 0 Å². The summed E-state index contributed by atoms with van der Waals surface area (Å²) in [5.41, 5.74) is 0. The van der Waals surface area contributed by atoms with E-state index in [1.807, 2.05) is 0 Å². The van der Waals surface area contributed by atoms with Crippen LogP contribution < -0.4 is 0 Å². The molecule has 0 spiro atoms. The number of aliphatic hydroxyl groups excluding tert-OH is 1. The molecule has 1 N–H and O–H groups in total. The molecule has 0 amide bonds. The first kappa shape index (κ1) is 12.7. The Hall–Kier alpha value is -0.0400. The van der Waals surface area contributed by atoms with Crippen molar-refractivity contribution < 1.29 is 5.11 Å². The maximum absolute atomic E-state index is 10.3. The van der Waals surface area contributed by atoms with Crippen molar-refractivity contribution in [1.82, 2.24) is 0 Å².